The molecule has 0 saturated heterocycles. The minimum Gasteiger partial charge on any atom is -0.459 e. The summed E-state index contributed by atoms with van der Waals surface area (Å²) in [7, 11) is 0. The highest BCUT2D eigenvalue weighted by atomic mass is 16.3. The summed E-state index contributed by atoms with van der Waals surface area (Å²) >= 11 is 0. The van der Waals surface area contributed by atoms with Gasteiger partial charge in [-0.25, -0.2) is 0 Å². The summed E-state index contributed by atoms with van der Waals surface area (Å²) in [5.74, 6) is 1.08. The molecule has 1 atom stereocenters. The summed E-state index contributed by atoms with van der Waals surface area (Å²) < 4.78 is 6.01. The zero-order chi connectivity index (χ0) is 13.7. The molecular formula is C17H25NO. The molecule has 0 fully saturated rings. The minimum atomic E-state index is 0.351. The molecule has 0 radical (unpaired) electrons. The number of benzene rings is 1. The van der Waals surface area contributed by atoms with E-state index in [0.29, 0.717) is 6.04 Å². The molecule has 2 rings (SSSR count). The van der Waals surface area contributed by atoms with Gasteiger partial charge in [0.15, 0.2) is 0 Å². The summed E-state index contributed by atoms with van der Waals surface area (Å²) in [6, 6.07) is 8.92. The van der Waals surface area contributed by atoms with Gasteiger partial charge in [-0.05, 0) is 38.1 Å². The molecule has 0 spiro atoms. The summed E-state index contributed by atoms with van der Waals surface area (Å²) in [6.07, 6.45) is 4.96. The fourth-order valence-electron chi connectivity index (χ4n) is 2.54. The molecule has 0 saturated carbocycles. The summed E-state index contributed by atoms with van der Waals surface area (Å²) in [5, 5.41) is 4.76. The van der Waals surface area contributed by atoms with Crippen molar-refractivity contribution in [2.24, 2.45) is 0 Å². The largest absolute Gasteiger partial charge is 0.459 e. The third-order valence-electron chi connectivity index (χ3n) is 3.58. The lowest BCUT2D eigenvalue weighted by atomic mass is 10.1. The monoisotopic (exact) mass is 259 g/mol. The fraction of sp³-hybridized carbons (Fsp3) is 0.529. The van der Waals surface area contributed by atoms with Crippen LogP contribution in [0.1, 0.15) is 56.9 Å². The Morgan fingerprint density at radius 1 is 1.16 bits per heavy atom. The topological polar surface area (TPSA) is 25.2 Å². The Hall–Kier alpha value is -1.28. The van der Waals surface area contributed by atoms with Gasteiger partial charge in [0.05, 0.1) is 6.04 Å². The maximum atomic E-state index is 6.01. The molecule has 19 heavy (non-hydrogen) atoms. The molecule has 1 unspecified atom stereocenters. The third kappa shape index (κ3) is 3.60. The summed E-state index contributed by atoms with van der Waals surface area (Å²) in [6.45, 7) is 7.49. The van der Waals surface area contributed by atoms with Crippen molar-refractivity contribution in [3.8, 4) is 0 Å². The second kappa shape index (κ2) is 6.76. The first-order valence-corrected chi connectivity index (χ1v) is 7.48. The first kappa shape index (κ1) is 14.1. The van der Waals surface area contributed by atoms with Gasteiger partial charge < -0.3 is 9.73 Å². The number of unbranched alkanes of at least 4 members (excludes halogenated alkanes) is 2. The predicted molar refractivity (Wildman–Crippen MR) is 81.5 cm³/mol. The number of rotatable bonds is 7. The second-order valence-corrected chi connectivity index (χ2v) is 5.30. The minimum absolute atomic E-state index is 0.351. The maximum absolute atomic E-state index is 6.01. The van der Waals surface area contributed by atoms with E-state index < -0.39 is 0 Å². The van der Waals surface area contributed by atoms with Crippen LogP contribution in [0, 0.1) is 6.92 Å². The number of hydrogen-bond donors (Lipinski definition) is 1. The molecule has 1 aromatic heterocycles. The van der Waals surface area contributed by atoms with E-state index in [0.717, 1.165) is 24.3 Å². The van der Waals surface area contributed by atoms with Gasteiger partial charge in [-0.3, -0.25) is 0 Å². The van der Waals surface area contributed by atoms with E-state index in [-0.39, 0.29) is 0 Å². The zero-order valence-corrected chi connectivity index (χ0v) is 12.3. The number of fused-ring (bicyclic) bond motifs is 1. The normalized spacial score (nSPS) is 13.0. The Balaban J connectivity index is 2.17. The van der Waals surface area contributed by atoms with E-state index in [1.54, 1.807) is 0 Å². The van der Waals surface area contributed by atoms with Gasteiger partial charge in [-0.2, -0.15) is 0 Å². The highest BCUT2D eigenvalue weighted by Gasteiger charge is 2.15. The van der Waals surface area contributed by atoms with Crippen LogP contribution in [0.3, 0.4) is 0 Å². The van der Waals surface area contributed by atoms with Gasteiger partial charge in [0.2, 0.25) is 0 Å². The van der Waals surface area contributed by atoms with Gasteiger partial charge in [0, 0.05) is 5.39 Å². The Morgan fingerprint density at radius 2 is 2.00 bits per heavy atom. The van der Waals surface area contributed by atoms with Crippen molar-refractivity contribution in [1.29, 1.82) is 0 Å². The Labute approximate surface area is 116 Å². The predicted octanol–water partition coefficient (Wildman–Crippen LogP) is 4.97. The van der Waals surface area contributed by atoms with Crippen molar-refractivity contribution in [3.05, 3.63) is 35.6 Å². The molecular weight excluding hydrogens is 234 g/mol. The average molecular weight is 259 g/mol. The van der Waals surface area contributed by atoms with Crippen LogP contribution in [-0.4, -0.2) is 6.54 Å². The quantitative estimate of drug-likeness (QED) is 0.710. The van der Waals surface area contributed by atoms with Gasteiger partial charge in [-0.1, -0.05) is 44.7 Å². The van der Waals surface area contributed by atoms with Gasteiger partial charge in [0.1, 0.15) is 11.3 Å². The Morgan fingerprint density at radius 3 is 2.74 bits per heavy atom. The molecule has 0 aliphatic carbocycles. The van der Waals surface area contributed by atoms with Crippen LogP contribution < -0.4 is 5.32 Å². The number of aryl methyl sites for hydroxylation is 1. The van der Waals surface area contributed by atoms with Crippen LogP contribution in [0.15, 0.2) is 28.7 Å². The third-order valence-corrected chi connectivity index (χ3v) is 3.58. The van der Waals surface area contributed by atoms with Crippen molar-refractivity contribution in [2.45, 2.75) is 52.5 Å². The Bertz CT molecular complexity index is 515. The molecule has 1 heterocycles. The molecule has 2 heteroatoms. The van der Waals surface area contributed by atoms with E-state index in [1.165, 1.54) is 30.2 Å². The molecule has 1 aromatic carbocycles. The van der Waals surface area contributed by atoms with E-state index in [1.807, 2.05) is 0 Å². The molecule has 2 aromatic rings. The molecule has 104 valence electrons. The highest BCUT2D eigenvalue weighted by Crippen LogP contribution is 2.27. The standard InChI is InChI=1S/C17H25NO/c1-4-6-7-8-15(18-5-2)17-12-14-11-13(3)9-10-16(14)19-17/h9-12,15,18H,4-8H2,1-3H3. The van der Waals surface area contributed by atoms with Crippen molar-refractivity contribution < 1.29 is 4.42 Å². The van der Waals surface area contributed by atoms with Gasteiger partial charge >= 0.3 is 0 Å². The average Bonchev–Trinajstić information content (AvgIpc) is 2.80. The lowest BCUT2D eigenvalue weighted by Gasteiger charge is -2.14. The smallest absolute Gasteiger partial charge is 0.134 e. The van der Waals surface area contributed by atoms with Crippen LogP contribution in [0.5, 0.6) is 0 Å². The van der Waals surface area contributed by atoms with Crippen molar-refractivity contribution in [1.82, 2.24) is 5.32 Å². The molecule has 0 aliphatic heterocycles. The van der Waals surface area contributed by atoms with E-state index in [2.05, 4.69) is 50.4 Å². The van der Waals surface area contributed by atoms with Crippen molar-refractivity contribution in [3.63, 3.8) is 0 Å². The second-order valence-electron chi connectivity index (χ2n) is 5.30. The van der Waals surface area contributed by atoms with Gasteiger partial charge in [0.25, 0.3) is 0 Å². The number of hydrogen-bond acceptors (Lipinski definition) is 2. The first-order chi connectivity index (χ1) is 9.24. The van der Waals surface area contributed by atoms with Gasteiger partial charge in [-0.15, -0.1) is 0 Å². The van der Waals surface area contributed by atoms with E-state index in [9.17, 15) is 0 Å². The fourth-order valence-corrected chi connectivity index (χ4v) is 2.54. The lowest BCUT2D eigenvalue weighted by molar-refractivity contribution is 0.405. The maximum Gasteiger partial charge on any atom is 0.134 e. The van der Waals surface area contributed by atoms with E-state index >= 15 is 0 Å². The highest BCUT2D eigenvalue weighted by molar-refractivity contribution is 5.78. The molecule has 0 amide bonds. The van der Waals surface area contributed by atoms with Crippen LogP contribution in [0.2, 0.25) is 0 Å². The van der Waals surface area contributed by atoms with Crippen molar-refractivity contribution in [2.75, 3.05) is 6.54 Å². The Kier molecular flexibility index (Phi) is 5.03. The molecule has 1 N–H and O–H groups in total. The van der Waals surface area contributed by atoms with E-state index in [4.69, 9.17) is 4.42 Å². The summed E-state index contributed by atoms with van der Waals surface area (Å²) in [5.41, 5.74) is 2.28. The lowest BCUT2D eigenvalue weighted by Crippen LogP contribution is -2.20. The van der Waals surface area contributed by atoms with Crippen molar-refractivity contribution >= 4 is 11.0 Å². The number of nitrogens with one attached hydrogen (secondary N) is 1. The van der Waals surface area contributed by atoms with Crippen LogP contribution in [0.25, 0.3) is 11.0 Å². The first-order valence-electron chi connectivity index (χ1n) is 7.48. The summed E-state index contributed by atoms with van der Waals surface area (Å²) in [4.78, 5) is 0. The zero-order valence-electron chi connectivity index (χ0n) is 12.3. The molecule has 0 bridgehead atoms. The molecule has 0 aliphatic rings. The van der Waals surface area contributed by atoms with Crippen LogP contribution in [-0.2, 0) is 0 Å². The SMILES string of the molecule is CCCCCC(NCC)c1cc2cc(C)ccc2o1. The number of furan rings is 1. The van der Waals surface area contributed by atoms with Crippen LogP contribution >= 0.6 is 0 Å². The van der Waals surface area contributed by atoms with Crippen LogP contribution in [0.4, 0.5) is 0 Å². The molecule has 2 nitrogen and oxygen atoms in total.